The molecule has 0 saturated carbocycles. The van der Waals surface area contributed by atoms with Crippen LogP contribution in [-0.2, 0) is 0 Å². The van der Waals surface area contributed by atoms with Gasteiger partial charge in [0, 0.05) is 0 Å². The zero-order valence-corrected chi connectivity index (χ0v) is 8.66. The van der Waals surface area contributed by atoms with Gasteiger partial charge >= 0.3 is 79.8 Å². The zero-order valence-electron chi connectivity index (χ0n) is 5.39. The van der Waals surface area contributed by atoms with Gasteiger partial charge in [-0.25, -0.2) is 0 Å². The maximum absolute atomic E-state index is 9.21. The quantitative estimate of drug-likeness (QED) is 0.737. The Morgan fingerprint density at radius 1 is 1.09 bits per heavy atom. The van der Waals surface area contributed by atoms with Crippen molar-refractivity contribution in [2.24, 2.45) is 0 Å². The van der Waals surface area contributed by atoms with Gasteiger partial charge in [0.15, 0.2) is 0 Å². The van der Waals surface area contributed by atoms with Crippen LogP contribution >= 0.6 is 40.3 Å². The molecule has 5 heteroatoms. The van der Waals surface area contributed by atoms with Crippen LogP contribution < -0.4 is 5.30 Å². The maximum atomic E-state index is 9.21. The van der Waals surface area contributed by atoms with Crippen LogP contribution in [0.1, 0.15) is 0 Å². The summed E-state index contributed by atoms with van der Waals surface area (Å²) in [6.07, 6.45) is -3.17. The van der Waals surface area contributed by atoms with Crippen molar-refractivity contribution in [3.63, 3.8) is 0 Å². The summed E-state index contributed by atoms with van der Waals surface area (Å²) < 4.78 is 0. The fraction of sp³-hybridized carbons (Fsp3) is 0. The van der Waals surface area contributed by atoms with Gasteiger partial charge < -0.3 is 0 Å². The van der Waals surface area contributed by atoms with Gasteiger partial charge in [-0.3, -0.25) is 0 Å². The molecule has 1 N–H and O–H groups in total. The minimum absolute atomic E-state index is 0.547. The molecule has 62 valence electrons. The number of hydrogen-bond donors (Lipinski definition) is 1. The van der Waals surface area contributed by atoms with Crippen molar-refractivity contribution in [2.45, 2.75) is 0 Å². The number of hydrogen-bond acceptors (Lipinski definition) is 1. The van der Waals surface area contributed by atoms with Crippen molar-refractivity contribution in [1.82, 2.24) is 0 Å². The molecular weight excluding hydrogens is 225 g/mol. The summed E-state index contributed by atoms with van der Waals surface area (Å²) in [7, 11) is 0. The van der Waals surface area contributed by atoms with Crippen molar-refractivity contribution in [3.05, 3.63) is 29.3 Å². The third kappa shape index (κ3) is 2.77. The average Bonchev–Trinajstić information content (AvgIpc) is 1.86. The van der Waals surface area contributed by atoms with E-state index in [-0.39, 0.29) is 0 Å². The topological polar surface area (TPSA) is 20.2 Å². The number of rotatable bonds is 1. The SMILES string of the molecule is O[PH](Cl)(Cl)c1ccc(Cl)cc1. The van der Waals surface area contributed by atoms with Crippen LogP contribution in [0.15, 0.2) is 24.3 Å². The zero-order chi connectivity index (χ0) is 8.48. The van der Waals surface area contributed by atoms with Crippen molar-refractivity contribution in [1.29, 1.82) is 0 Å². The molecule has 0 aromatic heterocycles. The molecule has 1 aromatic rings. The second-order valence-corrected chi connectivity index (χ2v) is 8.01. The molecule has 0 unspecified atom stereocenters. The van der Waals surface area contributed by atoms with E-state index in [1.165, 1.54) is 0 Å². The normalized spacial score (nSPS) is 13.1. The first-order chi connectivity index (χ1) is 5.00. The molecule has 0 aliphatic carbocycles. The van der Waals surface area contributed by atoms with E-state index in [0.29, 0.717) is 10.3 Å². The van der Waals surface area contributed by atoms with Crippen molar-refractivity contribution >= 4 is 45.6 Å². The molecular formula is C6H6Cl3OP. The first-order valence-electron chi connectivity index (χ1n) is 2.86. The fourth-order valence-electron chi connectivity index (χ4n) is 0.650. The Hall–Kier alpha value is 0.480. The standard InChI is InChI=1S/C6H6Cl3OP/c7-5-1-3-6(4-2-5)11(8,9)10/h1-4,10-11H. The van der Waals surface area contributed by atoms with E-state index in [2.05, 4.69) is 0 Å². The molecule has 0 radical (unpaired) electrons. The summed E-state index contributed by atoms with van der Waals surface area (Å²) in [4.78, 5) is 9.21. The van der Waals surface area contributed by atoms with Gasteiger partial charge in [0.2, 0.25) is 0 Å². The Morgan fingerprint density at radius 2 is 1.55 bits per heavy atom. The van der Waals surface area contributed by atoms with Gasteiger partial charge in [0.25, 0.3) is 0 Å². The Morgan fingerprint density at radius 3 is 1.91 bits per heavy atom. The van der Waals surface area contributed by atoms with Crippen molar-refractivity contribution in [2.75, 3.05) is 0 Å². The van der Waals surface area contributed by atoms with Gasteiger partial charge in [-0.2, -0.15) is 0 Å². The summed E-state index contributed by atoms with van der Waals surface area (Å²) in [5.41, 5.74) is 0. The molecule has 1 nitrogen and oxygen atoms in total. The summed E-state index contributed by atoms with van der Waals surface area (Å²) in [6.45, 7) is 0. The Balaban J connectivity index is 2.99. The summed E-state index contributed by atoms with van der Waals surface area (Å²) >= 11 is 16.7. The molecule has 0 bridgehead atoms. The Kier molecular flexibility index (Phi) is 3.02. The van der Waals surface area contributed by atoms with E-state index in [9.17, 15) is 4.89 Å². The first-order valence-corrected chi connectivity index (χ1v) is 7.21. The third-order valence-corrected chi connectivity index (χ3v) is 3.78. The second-order valence-electron chi connectivity index (χ2n) is 2.05. The van der Waals surface area contributed by atoms with Gasteiger partial charge in [0.1, 0.15) is 0 Å². The second kappa shape index (κ2) is 3.47. The van der Waals surface area contributed by atoms with E-state index in [1.807, 2.05) is 0 Å². The monoisotopic (exact) mass is 230 g/mol. The molecule has 0 aliphatic heterocycles. The van der Waals surface area contributed by atoms with Crippen LogP contribution in [0.3, 0.4) is 0 Å². The summed E-state index contributed by atoms with van der Waals surface area (Å²) in [5.74, 6) is 0. The van der Waals surface area contributed by atoms with E-state index in [1.54, 1.807) is 24.3 Å². The van der Waals surface area contributed by atoms with Gasteiger partial charge in [-0.05, 0) is 0 Å². The molecule has 0 heterocycles. The molecule has 0 saturated heterocycles. The van der Waals surface area contributed by atoms with Crippen molar-refractivity contribution in [3.8, 4) is 0 Å². The minimum atomic E-state index is -3.17. The number of halogens is 3. The van der Waals surface area contributed by atoms with Gasteiger partial charge in [-0.1, -0.05) is 0 Å². The average molecular weight is 231 g/mol. The third-order valence-electron chi connectivity index (χ3n) is 1.19. The van der Waals surface area contributed by atoms with Gasteiger partial charge in [-0.15, -0.1) is 0 Å². The van der Waals surface area contributed by atoms with E-state index in [0.717, 1.165) is 0 Å². The van der Waals surface area contributed by atoms with Crippen LogP contribution in [0, 0.1) is 0 Å². The van der Waals surface area contributed by atoms with E-state index >= 15 is 0 Å². The molecule has 1 rings (SSSR count). The molecule has 0 amide bonds. The molecule has 0 atom stereocenters. The Bertz CT molecular complexity index is 241. The van der Waals surface area contributed by atoms with Crippen LogP contribution in [-0.4, -0.2) is 4.89 Å². The first kappa shape index (κ1) is 9.57. The van der Waals surface area contributed by atoms with Crippen LogP contribution in [0.25, 0.3) is 0 Å². The molecule has 1 aromatic carbocycles. The Labute approximate surface area is 79.9 Å². The van der Waals surface area contributed by atoms with Crippen molar-refractivity contribution < 1.29 is 4.89 Å². The van der Waals surface area contributed by atoms with Crippen LogP contribution in [0.5, 0.6) is 0 Å². The fourth-order valence-corrected chi connectivity index (χ4v) is 2.10. The molecule has 0 spiro atoms. The predicted octanol–water partition coefficient (Wildman–Crippen LogP) is 2.93. The molecule has 0 aliphatic rings. The van der Waals surface area contributed by atoms with Gasteiger partial charge in [0.05, 0.1) is 0 Å². The van der Waals surface area contributed by atoms with E-state index < -0.39 is 6.19 Å². The van der Waals surface area contributed by atoms with E-state index in [4.69, 9.17) is 34.1 Å². The summed E-state index contributed by atoms with van der Waals surface area (Å²) in [5, 5.41) is 1.14. The molecule has 11 heavy (non-hydrogen) atoms. The summed E-state index contributed by atoms with van der Waals surface area (Å²) in [6, 6.07) is 6.52. The number of benzene rings is 1. The molecule has 0 fully saturated rings. The predicted molar refractivity (Wildman–Crippen MR) is 53.3 cm³/mol. The van der Waals surface area contributed by atoms with Crippen LogP contribution in [0.2, 0.25) is 5.02 Å². The van der Waals surface area contributed by atoms with Crippen LogP contribution in [0.4, 0.5) is 0 Å².